The summed E-state index contributed by atoms with van der Waals surface area (Å²) in [4.78, 5) is 9.34. The Hall–Kier alpha value is -1.59. The summed E-state index contributed by atoms with van der Waals surface area (Å²) in [5, 5.41) is 3.59. The molecule has 1 aromatic carbocycles. The first-order chi connectivity index (χ1) is 13.2. The summed E-state index contributed by atoms with van der Waals surface area (Å²) in [6.07, 6.45) is 4.78. The Morgan fingerprint density at radius 1 is 1.30 bits per heavy atom. The predicted octanol–water partition coefficient (Wildman–Crippen LogP) is 2.76. The van der Waals surface area contributed by atoms with E-state index in [1.807, 2.05) is 7.05 Å². The van der Waals surface area contributed by atoms with E-state index in [0.717, 1.165) is 57.7 Å². The fraction of sp³-hybridized carbons (Fsp3) is 0.682. The van der Waals surface area contributed by atoms with Crippen molar-refractivity contribution in [1.82, 2.24) is 15.1 Å². The number of nitrogens with zero attached hydrogens (tertiary/aromatic N) is 3. The maximum absolute atomic E-state index is 5.47. The number of hydrogen-bond donors (Lipinski definition) is 1. The highest BCUT2D eigenvalue weighted by atomic mass is 16.5. The summed E-state index contributed by atoms with van der Waals surface area (Å²) in [6, 6.07) is 9.33. The highest BCUT2D eigenvalue weighted by Gasteiger charge is 2.21. The highest BCUT2D eigenvalue weighted by Crippen LogP contribution is 2.20. The van der Waals surface area contributed by atoms with Crippen molar-refractivity contribution in [2.45, 2.75) is 45.2 Å². The van der Waals surface area contributed by atoms with Crippen LogP contribution in [0, 0.1) is 5.92 Å². The van der Waals surface area contributed by atoms with Crippen LogP contribution in [0.15, 0.2) is 29.3 Å². The maximum Gasteiger partial charge on any atom is 0.193 e. The van der Waals surface area contributed by atoms with Gasteiger partial charge in [-0.2, -0.15) is 0 Å². The molecule has 1 aromatic rings. The lowest BCUT2D eigenvalue weighted by molar-refractivity contribution is 0.0625. The summed E-state index contributed by atoms with van der Waals surface area (Å²) in [6.45, 7) is 8.34. The largest absolute Gasteiger partial charge is 0.381 e. The molecule has 3 rings (SSSR count). The number of guanidine groups is 1. The van der Waals surface area contributed by atoms with Gasteiger partial charge in [0.2, 0.25) is 0 Å². The zero-order chi connectivity index (χ0) is 19.1. The Balaban J connectivity index is 1.43. The van der Waals surface area contributed by atoms with Crippen LogP contribution in [0.3, 0.4) is 0 Å². The second-order valence-corrected chi connectivity index (χ2v) is 8.03. The fourth-order valence-corrected chi connectivity index (χ4v) is 4.16. The van der Waals surface area contributed by atoms with E-state index in [4.69, 9.17) is 4.74 Å². The quantitative estimate of drug-likeness (QED) is 0.616. The fourth-order valence-electron chi connectivity index (χ4n) is 4.16. The smallest absolute Gasteiger partial charge is 0.193 e. The topological polar surface area (TPSA) is 40.1 Å². The monoisotopic (exact) mass is 372 g/mol. The number of aliphatic imine (C=N–C) groups is 1. The van der Waals surface area contributed by atoms with E-state index in [0.29, 0.717) is 6.04 Å². The molecule has 0 aromatic heterocycles. The van der Waals surface area contributed by atoms with E-state index in [2.05, 4.69) is 58.3 Å². The molecule has 0 aliphatic carbocycles. The number of benzene rings is 1. The molecule has 0 bridgehead atoms. The van der Waals surface area contributed by atoms with Gasteiger partial charge in [-0.3, -0.25) is 9.89 Å². The molecule has 1 N–H and O–H groups in total. The summed E-state index contributed by atoms with van der Waals surface area (Å²) in [7, 11) is 4.03. The minimum Gasteiger partial charge on any atom is -0.381 e. The molecule has 0 amide bonds. The van der Waals surface area contributed by atoms with Gasteiger partial charge in [0.25, 0.3) is 0 Å². The molecule has 1 saturated heterocycles. The minimum atomic E-state index is 0.485. The van der Waals surface area contributed by atoms with E-state index in [-0.39, 0.29) is 0 Å². The molecule has 2 heterocycles. The van der Waals surface area contributed by atoms with Crippen LogP contribution in [0.2, 0.25) is 0 Å². The lowest BCUT2D eigenvalue weighted by Crippen LogP contribution is -2.48. The van der Waals surface area contributed by atoms with Crippen LogP contribution < -0.4 is 5.32 Å². The molecule has 0 radical (unpaired) electrons. The van der Waals surface area contributed by atoms with E-state index in [9.17, 15) is 0 Å². The van der Waals surface area contributed by atoms with Gasteiger partial charge in [0.05, 0.1) is 0 Å². The van der Waals surface area contributed by atoms with Crippen LogP contribution >= 0.6 is 0 Å². The molecule has 1 atom stereocenters. The first-order valence-corrected chi connectivity index (χ1v) is 10.5. The Labute approximate surface area is 164 Å². The zero-order valence-corrected chi connectivity index (χ0v) is 17.3. The molecular weight excluding hydrogens is 336 g/mol. The van der Waals surface area contributed by atoms with E-state index >= 15 is 0 Å². The molecule has 2 aliphatic heterocycles. The molecule has 1 unspecified atom stereocenters. The van der Waals surface area contributed by atoms with Crippen LogP contribution in [-0.4, -0.2) is 68.7 Å². The van der Waals surface area contributed by atoms with Gasteiger partial charge < -0.3 is 15.0 Å². The maximum atomic E-state index is 5.47. The Bertz CT molecular complexity index is 612. The van der Waals surface area contributed by atoms with Gasteiger partial charge in [-0.15, -0.1) is 0 Å². The Morgan fingerprint density at radius 3 is 2.78 bits per heavy atom. The zero-order valence-electron chi connectivity index (χ0n) is 17.3. The lowest BCUT2D eigenvalue weighted by Gasteiger charge is -2.34. The molecular formula is C22H36N4O. The summed E-state index contributed by atoms with van der Waals surface area (Å²) >= 11 is 0. The third-order valence-corrected chi connectivity index (χ3v) is 6.13. The number of hydrogen-bond acceptors (Lipinski definition) is 3. The van der Waals surface area contributed by atoms with Gasteiger partial charge >= 0.3 is 0 Å². The van der Waals surface area contributed by atoms with Crippen LogP contribution in [0.5, 0.6) is 0 Å². The van der Waals surface area contributed by atoms with Crippen LogP contribution in [-0.2, 0) is 17.7 Å². The SMILES string of the molecule is CN=C(NCC(C)N1CCc2ccccc2C1)N(C)CCC1CCOCC1. The Morgan fingerprint density at radius 2 is 2.04 bits per heavy atom. The second kappa shape index (κ2) is 10.1. The molecule has 27 heavy (non-hydrogen) atoms. The Kier molecular flexibility index (Phi) is 7.53. The van der Waals surface area contributed by atoms with Gasteiger partial charge in [0, 0.05) is 59.5 Å². The van der Waals surface area contributed by atoms with E-state index < -0.39 is 0 Å². The van der Waals surface area contributed by atoms with Crippen molar-refractivity contribution in [3.8, 4) is 0 Å². The molecule has 2 aliphatic rings. The molecule has 5 nitrogen and oxygen atoms in total. The number of fused-ring (bicyclic) bond motifs is 1. The third-order valence-electron chi connectivity index (χ3n) is 6.13. The van der Waals surface area contributed by atoms with Crippen LogP contribution in [0.25, 0.3) is 0 Å². The summed E-state index contributed by atoms with van der Waals surface area (Å²) in [5.74, 6) is 1.80. The van der Waals surface area contributed by atoms with Crippen molar-refractivity contribution in [2.75, 3.05) is 46.9 Å². The molecule has 0 spiro atoms. The first-order valence-electron chi connectivity index (χ1n) is 10.5. The second-order valence-electron chi connectivity index (χ2n) is 8.03. The van der Waals surface area contributed by atoms with Gasteiger partial charge in [-0.1, -0.05) is 24.3 Å². The van der Waals surface area contributed by atoms with Gasteiger partial charge in [-0.25, -0.2) is 0 Å². The summed E-state index contributed by atoms with van der Waals surface area (Å²) in [5.41, 5.74) is 2.99. The van der Waals surface area contributed by atoms with E-state index in [1.165, 1.54) is 30.4 Å². The first kappa shape index (κ1) is 20.2. The van der Waals surface area contributed by atoms with Crippen molar-refractivity contribution in [3.05, 3.63) is 35.4 Å². The van der Waals surface area contributed by atoms with Crippen molar-refractivity contribution in [2.24, 2.45) is 10.9 Å². The van der Waals surface area contributed by atoms with Gasteiger partial charge in [0.15, 0.2) is 5.96 Å². The van der Waals surface area contributed by atoms with Crippen molar-refractivity contribution in [3.63, 3.8) is 0 Å². The lowest BCUT2D eigenvalue weighted by atomic mass is 9.96. The van der Waals surface area contributed by atoms with Gasteiger partial charge in [-0.05, 0) is 49.7 Å². The van der Waals surface area contributed by atoms with Crippen molar-refractivity contribution < 1.29 is 4.74 Å². The van der Waals surface area contributed by atoms with E-state index in [1.54, 1.807) is 0 Å². The van der Waals surface area contributed by atoms with Crippen molar-refractivity contribution in [1.29, 1.82) is 0 Å². The number of rotatable bonds is 6. The normalized spacial score (nSPS) is 20.2. The molecule has 0 saturated carbocycles. The standard InChI is InChI=1S/C22H36N4O/c1-18(26-13-9-20-6-4-5-7-21(20)17-26)16-24-22(23-2)25(3)12-8-19-10-14-27-15-11-19/h4-7,18-19H,8-17H2,1-3H3,(H,23,24). The summed E-state index contributed by atoms with van der Waals surface area (Å²) < 4.78 is 5.47. The molecule has 5 heteroatoms. The van der Waals surface area contributed by atoms with Crippen molar-refractivity contribution >= 4 is 5.96 Å². The highest BCUT2D eigenvalue weighted by molar-refractivity contribution is 5.79. The van der Waals surface area contributed by atoms with Gasteiger partial charge in [0.1, 0.15) is 0 Å². The third kappa shape index (κ3) is 5.69. The number of nitrogens with one attached hydrogen (secondary N) is 1. The number of ether oxygens (including phenoxy) is 1. The van der Waals surface area contributed by atoms with Crippen LogP contribution in [0.4, 0.5) is 0 Å². The molecule has 1 fully saturated rings. The molecule has 150 valence electrons. The minimum absolute atomic E-state index is 0.485. The van der Waals surface area contributed by atoms with Crippen LogP contribution in [0.1, 0.15) is 37.3 Å². The predicted molar refractivity (Wildman–Crippen MR) is 112 cm³/mol. The average Bonchev–Trinajstić information content (AvgIpc) is 2.73. The average molecular weight is 373 g/mol.